The highest BCUT2D eigenvalue weighted by atomic mass is 16.6. The van der Waals surface area contributed by atoms with E-state index >= 15 is 0 Å². The number of nitrogens with zero attached hydrogens (tertiary/aromatic N) is 3. The number of piperazine rings is 1. The first-order valence-electron chi connectivity index (χ1n) is 10.6. The topological polar surface area (TPSA) is 105 Å². The van der Waals surface area contributed by atoms with Crippen molar-refractivity contribution in [1.29, 1.82) is 0 Å². The Morgan fingerprint density at radius 3 is 2.45 bits per heavy atom. The highest BCUT2D eigenvalue weighted by Gasteiger charge is 2.25. The lowest BCUT2D eigenvalue weighted by Gasteiger charge is -2.35. The summed E-state index contributed by atoms with van der Waals surface area (Å²) in [6.45, 7) is 4.10. The Balaban J connectivity index is 1.59. The molecule has 2 aromatic rings. The number of amides is 2. The number of ether oxygens (including phenoxy) is 1. The second-order valence-corrected chi connectivity index (χ2v) is 7.60. The van der Waals surface area contributed by atoms with Crippen LogP contribution in [0.1, 0.15) is 22.8 Å². The van der Waals surface area contributed by atoms with Crippen molar-refractivity contribution in [3.05, 3.63) is 63.7 Å². The second kappa shape index (κ2) is 11.0. The van der Waals surface area contributed by atoms with Crippen LogP contribution in [0.2, 0.25) is 0 Å². The first-order chi connectivity index (χ1) is 15.9. The molecular formula is C24H26N4O5. The van der Waals surface area contributed by atoms with Gasteiger partial charge in [-0.2, -0.15) is 0 Å². The van der Waals surface area contributed by atoms with Gasteiger partial charge in [-0.05, 0) is 36.2 Å². The summed E-state index contributed by atoms with van der Waals surface area (Å²) in [6, 6.07) is 11.9. The van der Waals surface area contributed by atoms with Gasteiger partial charge in [-0.15, -0.1) is 6.42 Å². The fraction of sp³-hybridized carbons (Fsp3) is 0.333. The van der Waals surface area contributed by atoms with Crippen LogP contribution in [0.3, 0.4) is 0 Å². The van der Waals surface area contributed by atoms with Gasteiger partial charge in [0.25, 0.3) is 11.6 Å². The molecule has 0 atom stereocenters. The molecule has 0 bridgehead atoms. The molecule has 2 amide bonds. The Morgan fingerprint density at radius 1 is 1.15 bits per heavy atom. The molecule has 2 aromatic carbocycles. The minimum atomic E-state index is -0.479. The van der Waals surface area contributed by atoms with E-state index in [9.17, 15) is 19.7 Å². The lowest BCUT2D eigenvalue weighted by atomic mass is 10.1. The minimum Gasteiger partial charge on any atom is -0.481 e. The summed E-state index contributed by atoms with van der Waals surface area (Å²) >= 11 is 0. The lowest BCUT2D eigenvalue weighted by Crippen LogP contribution is -2.48. The number of anilines is 1. The maximum Gasteiger partial charge on any atom is 0.293 e. The zero-order valence-corrected chi connectivity index (χ0v) is 18.5. The van der Waals surface area contributed by atoms with Gasteiger partial charge in [0.15, 0.2) is 0 Å². The number of terminal acetylenes is 1. The summed E-state index contributed by atoms with van der Waals surface area (Å²) < 4.78 is 5.33. The van der Waals surface area contributed by atoms with E-state index < -0.39 is 4.92 Å². The number of nitro benzene ring substituents is 1. The molecule has 0 aromatic heterocycles. The number of rotatable bonds is 8. The molecule has 0 unspecified atom stereocenters. The normalized spacial score (nSPS) is 13.2. The molecule has 1 aliphatic rings. The average molecular weight is 450 g/mol. The molecule has 1 aliphatic heterocycles. The maximum atomic E-state index is 12.6. The van der Waals surface area contributed by atoms with Crippen molar-refractivity contribution >= 4 is 23.2 Å². The summed E-state index contributed by atoms with van der Waals surface area (Å²) in [5, 5.41) is 14.5. The van der Waals surface area contributed by atoms with Gasteiger partial charge in [0.05, 0.1) is 4.92 Å². The van der Waals surface area contributed by atoms with Crippen LogP contribution < -0.4 is 15.0 Å². The van der Waals surface area contributed by atoms with Crippen LogP contribution in [0, 0.1) is 22.5 Å². The summed E-state index contributed by atoms with van der Waals surface area (Å²) in [5.41, 5.74) is 1.56. The first kappa shape index (κ1) is 23.6. The van der Waals surface area contributed by atoms with E-state index in [2.05, 4.69) is 11.2 Å². The fourth-order valence-corrected chi connectivity index (χ4v) is 3.64. The summed E-state index contributed by atoms with van der Waals surface area (Å²) in [7, 11) is 0. The van der Waals surface area contributed by atoms with E-state index in [4.69, 9.17) is 11.2 Å². The van der Waals surface area contributed by atoms with Crippen LogP contribution in [0.4, 0.5) is 11.4 Å². The molecular weight excluding hydrogens is 424 g/mol. The number of hydrogen-bond donors (Lipinski definition) is 1. The van der Waals surface area contributed by atoms with E-state index in [1.165, 1.54) is 13.0 Å². The van der Waals surface area contributed by atoms with E-state index in [0.29, 0.717) is 50.6 Å². The predicted octanol–water partition coefficient (Wildman–Crippen LogP) is 2.25. The average Bonchev–Trinajstić information content (AvgIpc) is 2.83. The van der Waals surface area contributed by atoms with Crippen LogP contribution in [-0.4, -0.2) is 61.0 Å². The van der Waals surface area contributed by atoms with Gasteiger partial charge in [0, 0.05) is 51.3 Å². The highest BCUT2D eigenvalue weighted by Crippen LogP contribution is 2.30. The Labute approximate surface area is 192 Å². The summed E-state index contributed by atoms with van der Waals surface area (Å²) in [6.07, 6.45) is 5.77. The molecule has 172 valence electrons. The zero-order chi connectivity index (χ0) is 23.8. The minimum absolute atomic E-state index is 0.00987. The third-order valence-corrected chi connectivity index (χ3v) is 5.44. The lowest BCUT2D eigenvalue weighted by molar-refractivity contribution is -0.384. The highest BCUT2D eigenvalue weighted by molar-refractivity contribution is 5.95. The molecule has 0 aliphatic carbocycles. The number of nitrogens with one attached hydrogen (secondary N) is 1. The standard InChI is InChI=1S/C24H26N4O5/c1-3-16-33-21-7-4-19(5-8-21)10-11-25-24(30)20-6-9-22(23(17-20)28(31)32)27-14-12-26(13-15-27)18(2)29/h1,4-9,17H,10-16H2,2H3,(H,25,30). The molecule has 1 N–H and O–H groups in total. The molecule has 1 fully saturated rings. The molecule has 0 radical (unpaired) electrons. The molecule has 33 heavy (non-hydrogen) atoms. The van der Waals surface area contributed by atoms with Crippen molar-refractivity contribution in [3.63, 3.8) is 0 Å². The van der Waals surface area contributed by atoms with Crippen molar-refractivity contribution in [2.75, 3.05) is 44.2 Å². The van der Waals surface area contributed by atoms with Gasteiger partial charge in [-0.1, -0.05) is 18.1 Å². The summed E-state index contributed by atoms with van der Waals surface area (Å²) in [5.74, 6) is 2.69. The third kappa shape index (κ3) is 6.23. The van der Waals surface area contributed by atoms with Gasteiger partial charge in [-0.25, -0.2) is 0 Å². The van der Waals surface area contributed by atoms with Crippen LogP contribution in [-0.2, 0) is 11.2 Å². The van der Waals surface area contributed by atoms with E-state index in [1.807, 2.05) is 29.2 Å². The van der Waals surface area contributed by atoms with Crippen LogP contribution in [0.15, 0.2) is 42.5 Å². The Bertz CT molecular complexity index is 1050. The van der Waals surface area contributed by atoms with Gasteiger partial charge >= 0.3 is 0 Å². The van der Waals surface area contributed by atoms with E-state index in [0.717, 1.165) is 5.56 Å². The van der Waals surface area contributed by atoms with E-state index in [1.54, 1.807) is 17.0 Å². The molecule has 1 saturated heterocycles. The summed E-state index contributed by atoms with van der Waals surface area (Å²) in [4.78, 5) is 38.8. The Hall–Kier alpha value is -4.06. The van der Waals surface area contributed by atoms with E-state index in [-0.39, 0.29) is 29.7 Å². The van der Waals surface area contributed by atoms with Crippen molar-refractivity contribution in [1.82, 2.24) is 10.2 Å². The van der Waals surface area contributed by atoms with Gasteiger partial charge in [0.2, 0.25) is 5.91 Å². The monoisotopic (exact) mass is 450 g/mol. The number of benzene rings is 2. The van der Waals surface area contributed by atoms with Crippen molar-refractivity contribution in [2.45, 2.75) is 13.3 Å². The molecule has 1 heterocycles. The first-order valence-corrected chi connectivity index (χ1v) is 10.6. The third-order valence-electron chi connectivity index (χ3n) is 5.44. The van der Waals surface area contributed by atoms with Crippen molar-refractivity contribution < 1.29 is 19.2 Å². The van der Waals surface area contributed by atoms with Gasteiger partial charge in [0.1, 0.15) is 18.0 Å². The molecule has 3 rings (SSSR count). The largest absolute Gasteiger partial charge is 0.481 e. The molecule has 0 spiro atoms. The smallest absolute Gasteiger partial charge is 0.293 e. The van der Waals surface area contributed by atoms with Crippen LogP contribution in [0.25, 0.3) is 0 Å². The molecule has 9 nitrogen and oxygen atoms in total. The van der Waals surface area contributed by atoms with Gasteiger partial charge in [-0.3, -0.25) is 19.7 Å². The fourth-order valence-electron chi connectivity index (χ4n) is 3.64. The van der Waals surface area contributed by atoms with Crippen LogP contribution >= 0.6 is 0 Å². The Kier molecular flexibility index (Phi) is 7.86. The molecule has 0 saturated carbocycles. The quantitative estimate of drug-likeness (QED) is 0.376. The number of carbonyl (C=O) groups excluding carboxylic acids is 2. The SMILES string of the molecule is C#CCOc1ccc(CCNC(=O)c2ccc(N3CCN(C(C)=O)CC3)c([N+](=O)[O-])c2)cc1. The number of carbonyl (C=O) groups is 2. The van der Waals surface area contributed by atoms with Crippen molar-refractivity contribution in [3.8, 4) is 18.1 Å². The zero-order valence-electron chi connectivity index (χ0n) is 18.5. The number of hydrogen-bond acceptors (Lipinski definition) is 6. The Morgan fingerprint density at radius 2 is 1.85 bits per heavy atom. The molecule has 9 heteroatoms. The number of nitro groups is 1. The maximum absolute atomic E-state index is 12.6. The van der Waals surface area contributed by atoms with Gasteiger partial charge < -0.3 is 19.9 Å². The van der Waals surface area contributed by atoms with Crippen molar-refractivity contribution in [2.24, 2.45) is 0 Å². The predicted molar refractivity (Wildman–Crippen MR) is 124 cm³/mol. The van der Waals surface area contributed by atoms with Crippen LogP contribution in [0.5, 0.6) is 5.75 Å². The second-order valence-electron chi connectivity index (χ2n) is 7.60.